The molecule has 0 unspecified atom stereocenters. The number of halogens is 2. The first-order valence-electron chi connectivity index (χ1n) is 8.24. The molecule has 3 N–H and O–H groups in total. The van der Waals surface area contributed by atoms with Crippen LogP contribution in [0.3, 0.4) is 0 Å². The molecule has 0 saturated heterocycles. The van der Waals surface area contributed by atoms with E-state index in [1.165, 1.54) is 7.11 Å². The van der Waals surface area contributed by atoms with Gasteiger partial charge in [0.2, 0.25) is 11.8 Å². The fourth-order valence-corrected chi connectivity index (χ4v) is 2.28. The van der Waals surface area contributed by atoms with Gasteiger partial charge in [-0.15, -0.1) is 0 Å². The van der Waals surface area contributed by atoms with Gasteiger partial charge in [-0.25, -0.2) is 8.78 Å². The van der Waals surface area contributed by atoms with Gasteiger partial charge in [0.1, 0.15) is 17.4 Å². The van der Waals surface area contributed by atoms with Gasteiger partial charge < -0.3 is 20.7 Å². The molecule has 7 nitrogen and oxygen atoms in total. The van der Waals surface area contributed by atoms with Crippen molar-refractivity contribution in [2.75, 3.05) is 25.5 Å². The monoisotopic (exact) mass is 391 g/mol. The first-order valence-corrected chi connectivity index (χ1v) is 8.24. The standard InChI is InChI=1S/C19H19F2N3O4/c1-11-3-6-16(28-2)15(7-11)24-18(26)10-22-17(25)9-23-19(27)13-5-4-12(20)8-14(13)21/h3-8H,9-10H2,1-2H3,(H,22,25)(H,23,27)(H,24,26). The second kappa shape index (κ2) is 9.45. The fraction of sp³-hybridized carbons (Fsp3) is 0.211. The van der Waals surface area contributed by atoms with Gasteiger partial charge >= 0.3 is 0 Å². The number of ether oxygens (including phenoxy) is 1. The number of nitrogens with one attached hydrogen (secondary N) is 3. The summed E-state index contributed by atoms with van der Waals surface area (Å²) >= 11 is 0. The minimum Gasteiger partial charge on any atom is -0.495 e. The van der Waals surface area contributed by atoms with Gasteiger partial charge in [0.15, 0.2) is 0 Å². The van der Waals surface area contributed by atoms with Crippen molar-refractivity contribution >= 4 is 23.4 Å². The summed E-state index contributed by atoms with van der Waals surface area (Å²) in [6.07, 6.45) is 0. The zero-order valence-electron chi connectivity index (χ0n) is 15.3. The van der Waals surface area contributed by atoms with Crippen LogP contribution in [-0.2, 0) is 9.59 Å². The Kier molecular flexibility index (Phi) is 7.02. The summed E-state index contributed by atoms with van der Waals surface area (Å²) in [5.41, 5.74) is 0.983. The highest BCUT2D eigenvalue weighted by Crippen LogP contribution is 2.24. The first kappa shape index (κ1) is 20.8. The lowest BCUT2D eigenvalue weighted by Gasteiger charge is -2.12. The SMILES string of the molecule is COc1ccc(C)cc1NC(=O)CNC(=O)CNC(=O)c1ccc(F)cc1F. The van der Waals surface area contributed by atoms with E-state index in [1.807, 2.05) is 13.0 Å². The molecule has 28 heavy (non-hydrogen) atoms. The van der Waals surface area contributed by atoms with Crippen LogP contribution >= 0.6 is 0 Å². The third-order valence-corrected chi connectivity index (χ3v) is 3.66. The molecular formula is C19H19F2N3O4. The summed E-state index contributed by atoms with van der Waals surface area (Å²) in [7, 11) is 1.47. The second-order valence-electron chi connectivity index (χ2n) is 5.84. The number of rotatable bonds is 7. The Morgan fingerprint density at radius 1 is 0.964 bits per heavy atom. The number of aryl methyl sites for hydroxylation is 1. The maximum Gasteiger partial charge on any atom is 0.254 e. The first-order chi connectivity index (χ1) is 13.3. The molecule has 0 aromatic heterocycles. The Morgan fingerprint density at radius 2 is 1.68 bits per heavy atom. The van der Waals surface area contributed by atoms with Crippen molar-refractivity contribution in [3.8, 4) is 5.75 Å². The number of anilines is 1. The Labute approximate surface area is 160 Å². The van der Waals surface area contributed by atoms with Crippen molar-refractivity contribution in [1.29, 1.82) is 0 Å². The van der Waals surface area contributed by atoms with Gasteiger partial charge in [0.25, 0.3) is 5.91 Å². The van der Waals surface area contributed by atoms with E-state index in [0.29, 0.717) is 17.5 Å². The molecule has 9 heteroatoms. The molecular weight excluding hydrogens is 372 g/mol. The van der Waals surface area contributed by atoms with Crippen molar-refractivity contribution in [3.05, 3.63) is 59.2 Å². The van der Waals surface area contributed by atoms with Crippen LogP contribution in [0.5, 0.6) is 5.75 Å². The summed E-state index contributed by atoms with van der Waals surface area (Å²) in [6.45, 7) is 1.04. The zero-order valence-corrected chi connectivity index (χ0v) is 15.3. The van der Waals surface area contributed by atoms with E-state index in [2.05, 4.69) is 16.0 Å². The van der Waals surface area contributed by atoms with Crippen LogP contribution in [-0.4, -0.2) is 37.9 Å². The Balaban J connectivity index is 1.81. The normalized spacial score (nSPS) is 10.1. The Morgan fingerprint density at radius 3 is 2.36 bits per heavy atom. The molecule has 3 amide bonds. The molecule has 0 spiro atoms. The van der Waals surface area contributed by atoms with Gasteiger partial charge in [0.05, 0.1) is 31.5 Å². The van der Waals surface area contributed by atoms with E-state index in [9.17, 15) is 23.2 Å². The maximum absolute atomic E-state index is 13.5. The molecule has 2 aromatic carbocycles. The quantitative estimate of drug-likeness (QED) is 0.670. The van der Waals surface area contributed by atoms with Crippen LogP contribution in [0, 0.1) is 18.6 Å². The second-order valence-corrected chi connectivity index (χ2v) is 5.84. The van der Waals surface area contributed by atoms with E-state index in [1.54, 1.807) is 12.1 Å². The lowest BCUT2D eigenvalue weighted by molar-refractivity contribution is -0.123. The highest BCUT2D eigenvalue weighted by atomic mass is 19.1. The van der Waals surface area contributed by atoms with Crippen molar-refractivity contribution < 1.29 is 27.9 Å². The molecule has 0 saturated carbocycles. The topological polar surface area (TPSA) is 96.5 Å². The van der Waals surface area contributed by atoms with Gasteiger partial charge in [-0.3, -0.25) is 14.4 Å². The highest BCUT2D eigenvalue weighted by Gasteiger charge is 2.14. The van der Waals surface area contributed by atoms with Gasteiger partial charge in [-0.05, 0) is 36.8 Å². The van der Waals surface area contributed by atoms with E-state index < -0.39 is 41.5 Å². The van der Waals surface area contributed by atoms with Crippen molar-refractivity contribution in [3.63, 3.8) is 0 Å². The van der Waals surface area contributed by atoms with E-state index in [0.717, 1.165) is 17.7 Å². The fourth-order valence-electron chi connectivity index (χ4n) is 2.28. The number of hydrogen-bond acceptors (Lipinski definition) is 4. The third kappa shape index (κ3) is 5.76. The summed E-state index contributed by atoms with van der Waals surface area (Å²) in [5.74, 6) is -3.40. The summed E-state index contributed by atoms with van der Waals surface area (Å²) in [5, 5.41) is 7.13. The lowest BCUT2D eigenvalue weighted by atomic mass is 10.2. The number of carbonyl (C=O) groups is 3. The molecule has 0 heterocycles. The molecule has 0 fully saturated rings. The van der Waals surface area contributed by atoms with Crippen LogP contribution in [0.15, 0.2) is 36.4 Å². The average molecular weight is 391 g/mol. The average Bonchev–Trinajstić information content (AvgIpc) is 2.64. The van der Waals surface area contributed by atoms with Gasteiger partial charge in [0, 0.05) is 6.07 Å². The minimum atomic E-state index is -1.04. The van der Waals surface area contributed by atoms with Crippen LogP contribution in [0.1, 0.15) is 15.9 Å². The predicted octanol–water partition coefficient (Wildman–Crippen LogP) is 1.77. The predicted molar refractivity (Wildman–Crippen MR) is 98.1 cm³/mol. The van der Waals surface area contributed by atoms with Crippen molar-refractivity contribution in [2.24, 2.45) is 0 Å². The Bertz CT molecular complexity index is 903. The molecule has 0 radical (unpaired) electrons. The molecule has 0 aliphatic carbocycles. The molecule has 0 aliphatic heterocycles. The smallest absolute Gasteiger partial charge is 0.254 e. The van der Waals surface area contributed by atoms with Crippen molar-refractivity contribution in [1.82, 2.24) is 10.6 Å². The van der Waals surface area contributed by atoms with E-state index >= 15 is 0 Å². The van der Waals surface area contributed by atoms with E-state index in [4.69, 9.17) is 4.74 Å². The summed E-state index contributed by atoms with van der Waals surface area (Å²) in [6, 6.07) is 7.72. The molecule has 0 bridgehead atoms. The largest absolute Gasteiger partial charge is 0.495 e. The number of hydrogen-bond donors (Lipinski definition) is 3. The molecule has 2 aromatic rings. The summed E-state index contributed by atoms with van der Waals surface area (Å²) in [4.78, 5) is 35.6. The number of methoxy groups -OCH3 is 1. The van der Waals surface area contributed by atoms with Crippen LogP contribution in [0.4, 0.5) is 14.5 Å². The van der Waals surface area contributed by atoms with Crippen molar-refractivity contribution in [2.45, 2.75) is 6.92 Å². The summed E-state index contributed by atoms with van der Waals surface area (Å²) < 4.78 is 31.5. The van der Waals surface area contributed by atoms with Crippen LogP contribution in [0.25, 0.3) is 0 Å². The van der Waals surface area contributed by atoms with E-state index in [-0.39, 0.29) is 6.54 Å². The maximum atomic E-state index is 13.5. The number of benzene rings is 2. The molecule has 0 atom stereocenters. The molecule has 148 valence electrons. The molecule has 0 aliphatic rings. The lowest BCUT2D eigenvalue weighted by Crippen LogP contribution is -2.40. The van der Waals surface area contributed by atoms with Crippen LogP contribution < -0.4 is 20.7 Å². The molecule has 2 rings (SSSR count). The zero-order chi connectivity index (χ0) is 20.7. The minimum absolute atomic E-state index is 0.337. The number of amides is 3. The highest BCUT2D eigenvalue weighted by molar-refractivity contribution is 5.98. The van der Waals surface area contributed by atoms with Crippen LogP contribution in [0.2, 0.25) is 0 Å². The van der Waals surface area contributed by atoms with Gasteiger partial charge in [-0.1, -0.05) is 6.07 Å². The Hall–Kier alpha value is -3.49. The van der Waals surface area contributed by atoms with Gasteiger partial charge in [-0.2, -0.15) is 0 Å². The number of carbonyl (C=O) groups excluding carboxylic acids is 3. The third-order valence-electron chi connectivity index (χ3n) is 3.66.